The fourth-order valence-electron chi connectivity index (χ4n) is 4.95. The molecular formula is C28H33N9OS. The second-order valence-electron chi connectivity index (χ2n) is 9.64. The first-order chi connectivity index (χ1) is 19.3. The third-order valence-electron chi connectivity index (χ3n) is 7.15. The highest BCUT2D eigenvalue weighted by atomic mass is 32.2. The van der Waals surface area contributed by atoms with Gasteiger partial charge in [-0.1, -0.05) is 30.3 Å². The van der Waals surface area contributed by atoms with Gasteiger partial charge in [0, 0.05) is 83.1 Å². The van der Waals surface area contributed by atoms with E-state index in [4.69, 9.17) is 9.72 Å². The van der Waals surface area contributed by atoms with Crippen LogP contribution in [0.15, 0.2) is 77.3 Å². The van der Waals surface area contributed by atoms with E-state index in [1.165, 1.54) is 11.3 Å². The molecule has 0 atom stereocenters. The molecule has 2 saturated heterocycles. The quantitative estimate of drug-likeness (QED) is 0.294. The molecule has 39 heavy (non-hydrogen) atoms. The molecule has 202 valence electrons. The van der Waals surface area contributed by atoms with E-state index in [2.05, 4.69) is 75.8 Å². The second kappa shape index (κ2) is 12.5. The largest absolute Gasteiger partial charge is 0.379 e. The zero-order valence-corrected chi connectivity index (χ0v) is 22.8. The molecular weight excluding hydrogens is 510 g/mol. The summed E-state index contributed by atoms with van der Waals surface area (Å²) in [5, 5.41) is 10.9. The highest BCUT2D eigenvalue weighted by molar-refractivity contribution is 7.99. The second-order valence-corrected chi connectivity index (χ2v) is 10.6. The zero-order valence-electron chi connectivity index (χ0n) is 22.0. The van der Waals surface area contributed by atoms with Crippen LogP contribution < -0.4 is 9.80 Å². The van der Waals surface area contributed by atoms with Gasteiger partial charge in [0.1, 0.15) is 10.9 Å². The van der Waals surface area contributed by atoms with Crippen LogP contribution >= 0.6 is 11.8 Å². The Kier molecular flexibility index (Phi) is 8.27. The number of aromatic nitrogens is 6. The van der Waals surface area contributed by atoms with Crippen LogP contribution in [0.25, 0.3) is 0 Å². The summed E-state index contributed by atoms with van der Waals surface area (Å²) in [5.41, 5.74) is 2.43. The van der Waals surface area contributed by atoms with Crippen LogP contribution in [0, 0.1) is 0 Å². The van der Waals surface area contributed by atoms with E-state index >= 15 is 0 Å². The molecule has 0 radical (unpaired) electrons. The van der Waals surface area contributed by atoms with Crippen molar-refractivity contribution in [3.8, 4) is 0 Å². The SMILES string of the molecule is c1ccc(Cc2nnc(Sc3ccnc(N4CCN(c5ccncc5)CC4)n3)n2CCN2CCOCC2)cc1. The van der Waals surface area contributed by atoms with Crippen molar-refractivity contribution in [1.29, 1.82) is 0 Å². The molecule has 2 fully saturated rings. The number of morpholine rings is 1. The Morgan fingerprint density at radius 2 is 1.54 bits per heavy atom. The molecule has 2 aliphatic heterocycles. The van der Waals surface area contributed by atoms with Crippen molar-refractivity contribution in [2.24, 2.45) is 0 Å². The van der Waals surface area contributed by atoms with Gasteiger partial charge in [-0.2, -0.15) is 0 Å². The Morgan fingerprint density at radius 3 is 2.33 bits per heavy atom. The average molecular weight is 544 g/mol. The number of benzene rings is 1. The fourth-order valence-corrected chi connectivity index (χ4v) is 5.78. The Bertz CT molecular complexity index is 1320. The summed E-state index contributed by atoms with van der Waals surface area (Å²) in [6, 6.07) is 16.5. The third kappa shape index (κ3) is 6.55. The smallest absolute Gasteiger partial charge is 0.226 e. The van der Waals surface area contributed by atoms with Crippen LogP contribution in [0.2, 0.25) is 0 Å². The van der Waals surface area contributed by atoms with Gasteiger partial charge in [-0.25, -0.2) is 9.97 Å². The number of pyridine rings is 1. The normalized spacial score (nSPS) is 16.5. The van der Waals surface area contributed by atoms with Gasteiger partial charge in [-0.3, -0.25) is 9.88 Å². The van der Waals surface area contributed by atoms with Crippen LogP contribution in [0.1, 0.15) is 11.4 Å². The molecule has 0 bridgehead atoms. The van der Waals surface area contributed by atoms with Crippen molar-refractivity contribution in [3.63, 3.8) is 0 Å². The molecule has 0 unspecified atom stereocenters. The maximum Gasteiger partial charge on any atom is 0.226 e. The predicted octanol–water partition coefficient (Wildman–Crippen LogP) is 2.86. The van der Waals surface area contributed by atoms with Gasteiger partial charge < -0.3 is 19.1 Å². The van der Waals surface area contributed by atoms with Gasteiger partial charge in [0.2, 0.25) is 5.95 Å². The lowest BCUT2D eigenvalue weighted by Gasteiger charge is -2.36. The first-order valence-electron chi connectivity index (χ1n) is 13.5. The van der Waals surface area contributed by atoms with Gasteiger partial charge >= 0.3 is 0 Å². The van der Waals surface area contributed by atoms with E-state index in [9.17, 15) is 0 Å². The first kappa shape index (κ1) is 25.7. The first-order valence-corrected chi connectivity index (χ1v) is 14.3. The number of ether oxygens (including phenoxy) is 1. The number of anilines is 2. The molecule has 3 aromatic heterocycles. The van der Waals surface area contributed by atoms with E-state index in [-0.39, 0.29) is 0 Å². The lowest BCUT2D eigenvalue weighted by Crippen LogP contribution is -2.47. The Balaban J connectivity index is 1.16. The van der Waals surface area contributed by atoms with E-state index in [0.29, 0.717) is 0 Å². The molecule has 0 aliphatic carbocycles. The van der Waals surface area contributed by atoms with E-state index in [1.807, 2.05) is 30.7 Å². The summed E-state index contributed by atoms with van der Waals surface area (Å²) >= 11 is 1.56. The highest BCUT2D eigenvalue weighted by Gasteiger charge is 2.21. The molecule has 0 N–H and O–H groups in total. The number of rotatable bonds is 9. The van der Waals surface area contributed by atoms with Gasteiger partial charge in [-0.05, 0) is 35.5 Å². The summed E-state index contributed by atoms with van der Waals surface area (Å²) in [5.74, 6) is 1.73. The predicted molar refractivity (Wildman–Crippen MR) is 151 cm³/mol. The number of nitrogens with zero attached hydrogens (tertiary/aromatic N) is 9. The number of hydrogen-bond donors (Lipinski definition) is 0. The molecule has 2 aliphatic rings. The molecule has 5 heterocycles. The highest BCUT2D eigenvalue weighted by Crippen LogP contribution is 2.27. The van der Waals surface area contributed by atoms with Crippen molar-refractivity contribution in [2.45, 2.75) is 23.1 Å². The lowest BCUT2D eigenvalue weighted by molar-refractivity contribution is 0.0360. The van der Waals surface area contributed by atoms with Crippen LogP contribution in [0.3, 0.4) is 0 Å². The zero-order chi connectivity index (χ0) is 26.3. The minimum Gasteiger partial charge on any atom is -0.379 e. The van der Waals surface area contributed by atoms with E-state index in [0.717, 1.165) is 93.9 Å². The minimum atomic E-state index is 0.744. The van der Waals surface area contributed by atoms with Gasteiger partial charge in [0.05, 0.1) is 13.2 Å². The fraction of sp³-hybridized carbons (Fsp3) is 0.393. The molecule has 0 spiro atoms. The Labute approximate surface area is 233 Å². The average Bonchev–Trinajstić information content (AvgIpc) is 3.38. The lowest BCUT2D eigenvalue weighted by atomic mass is 10.1. The standard InChI is InChI=1S/C28H33N9OS/c1-2-4-23(5-3-1)22-25-32-33-28(37(25)17-12-34-18-20-38-21-19-34)39-26-8-11-30-27(31-26)36-15-13-35(14-16-36)24-6-9-29-10-7-24/h1-11H,12-22H2. The van der Waals surface area contributed by atoms with Crippen LogP contribution in [-0.4, -0.2) is 93.6 Å². The van der Waals surface area contributed by atoms with E-state index in [1.54, 1.807) is 11.8 Å². The Hall–Kier alpha value is -3.54. The maximum absolute atomic E-state index is 5.53. The summed E-state index contributed by atoms with van der Waals surface area (Å²) in [7, 11) is 0. The number of piperazine rings is 1. The van der Waals surface area contributed by atoms with Crippen LogP contribution in [-0.2, 0) is 17.7 Å². The van der Waals surface area contributed by atoms with Crippen LogP contribution in [0.4, 0.5) is 11.6 Å². The summed E-state index contributed by atoms with van der Waals surface area (Å²) in [6.07, 6.45) is 6.28. The Morgan fingerprint density at radius 1 is 0.769 bits per heavy atom. The molecule has 10 nitrogen and oxygen atoms in total. The molecule has 4 aromatic rings. The van der Waals surface area contributed by atoms with Crippen molar-refractivity contribution in [1.82, 2.24) is 34.6 Å². The van der Waals surface area contributed by atoms with E-state index < -0.39 is 0 Å². The van der Waals surface area contributed by atoms with Crippen molar-refractivity contribution in [2.75, 3.05) is 68.8 Å². The molecule has 6 rings (SSSR count). The summed E-state index contributed by atoms with van der Waals surface area (Å²) in [6.45, 7) is 8.85. The third-order valence-corrected chi connectivity index (χ3v) is 8.07. The van der Waals surface area contributed by atoms with Crippen LogP contribution in [0.5, 0.6) is 0 Å². The maximum atomic E-state index is 5.53. The van der Waals surface area contributed by atoms with Crippen molar-refractivity contribution >= 4 is 23.4 Å². The summed E-state index contributed by atoms with van der Waals surface area (Å²) in [4.78, 5) is 20.7. The van der Waals surface area contributed by atoms with Crippen molar-refractivity contribution < 1.29 is 4.74 Å². The van der Waals surface area contributed by atoms with Gasteiger partial charge in [0.15, 0.2) is 5.16 Å². The van der Waals surface area contributed by atoms with Gasteiger partial charge in [0.25, 0.3) is 0 Å². The molecule has 0 amide bonds. The number of hydrogen-bond acceptors (Lipinski definition) is 10. The van der Waals surface area contributed by atoms with Gasteiger partial charge in [-0.15, -0.1) is 10.2 Å². The monoisotopic (exact) mass is 543 g/mol. The topological polar surface area (TPSA) is 88.3 Å². The summed E-state index contributed by atoms with van der Waals surface area (Å²) < 4.78 is 7.78. The minimum absolute atomic E-state index is 0.744. The molecule has 11 heteroatoms. The molecule has 1 aromatic carbocycles. The van der Waals surface area contributed by atoms with Crippen molar-refractivity contribution in [3.05, 3.63) is 78.5 Å². The molecule has 0 saturated carbocycles.